The minimum Gasteiger partial charge on any atom is -0.326 e. The van der Waals surface area contributed by atoms with Gasteiger partial charge in [-0.2, -0.15) is 0 Å². The first-order valence-corrected chi connectivity index (χ1v) is 16.5. The number of unbranched alkanes of at least 4 members (excludes halogenated alkanes) is 23. The number of rotatable bonds is 29. The highest BCUT2D eigenvalue weighted by Crippen LogP contribution is 2.17. The molecule has 0 rings (SSSR count). The summed E-state index contributed by atoms with van der Waals surface area (Å²) in [5, 5.41) is 0. The van der Waals surface area contributed by atoms with Gasteiger partial charge < -0.3 is 4.48 Å². The van der Waals surface area contributed by atoms with Crippen LogP contribution in [0.2, 0.25) is 0 Å². The largest absolute Gasteiger partial charge is 0.326 e. The van der Waals surface area contributed by atoms with E-state index in [1.807, 2.05) is 0 Å². The molecule has 1 heteroatoms. The standard InChI is InChI=1S/C33H70N/c1-5-8-11-14-17-18-19-20-21-22-23-24-27-30-33-34(4,31-28-25-15-12-9-6-2)32-29-26-16-13-10-7-3/h5-33H2,1-4H3/q+1. The average Bonchev–Trinajstić information content (AvgIpc) is 2.84. The van der Waals surface area contributed by atoms with E-state index in [1.54, 1.807) is 0 Å². The lowest BCUT2D eigenvalue weighted by atomic mass is 10.0. The second kappa shape index (κ2) is 27.5. The molecule has 0 saturated heterocycles. The van der Waals surface area contributed by atoms with E-state index in [9.17, 15) is 0 Å². The lowest BCUT2D eigenvalue weighted by molar-refractivity contribution is -0.910. The SMILES string of the molecule is CCCCCCCCCCCCCCCC[N+](C)(CCCCCCCC)CCCCCCCC. The number of hydrogen-bond acceptors (Lipinski definition) is 0. The van der Waals surface area contributed by atoms with Crippen LogP contribution in [-0.4, -0.2) is 31.2 Å². The number of nitrogens with zero attached hydrogens (tertiary/aromatic N) is 1. The van der Waals surface area contributed by atoms with Crippen molar-refractivity contribution in [1.29, 1.82) is 0 Å². The molecule has 0 radical (unpaired) electrons. The second-order valence-electron chi connectivity index (χ2n) is 11.9. The lowest BCUT2D eigenvalue weighted by Crippen LogP contribution is -2.46. The Bertz CT molecular complexity index is 348. The van der Waals surface area contributed by atoms with Crippen LogP contribution in [0.3, 0.4) is 0 Å². The van der Waals surface area contributed by atoms with E-state index in [4.69, 9.17) is 0 Å². The first kappa shape index (κ1) is 34.0. The third-order valence-corrected chi connectivity index (χ3v) is 8.15. The zero-order chi connectivity index (χ0) is 25.0. The summed E-state index contributed by atoms with van der Waals surface area (Å²) in [6, 6.07) is 0. The quantitative estimate of drug-likeness (QED) is 0.0737. The van der Waals surface area contributed by atoms with Crippen molar-refractivity contribution in [1.82, 2.24) is 0 Å². The smallest absolute Gasteiger partial charge is 0.0784 e. The summed E-state index contributed by atoms with van der Waals surface area (Å²) in [6.07, 6.45) is 37.8. The van der Waals surface area contributed by atoms with E-state index in [0.29, 0.717) is 0 Å². The zero-order valence-corrected chi connectivity index (χ0v) is 25.0. The molecule has 0 amide bonds. The highest BCUT2D eigenvalue weighted by atomic mass is 15.3. The average molecular weight is 481 g/mol. The Kier molecular flexibility index (Phi) is 27.5. The molecule has 0 bridgehead atoms. The van der Waals surface area contributed by atoms with Crippen molar-refractivity contribution in [2.24, 2.45) is 0 Å². The van der Waals surface area contributed by atoms with Crippen LogP contribution in [0.15, 0.2) is 0 Å². The molecule has 0 aliphatic carbocycles. The van der Waals surface area contributed by atoms with Gasteiger partial charge in [-0.25, -0.2) is 0 Å². The molecule has 206 valence electrons. The normalized spacial score (nSPS) is 12.0. The van der Waals surface area contributed by atoms with E-state index in [2.05, 4.69) is 27.8 Å². The summed E-state index contributed by atoms with van der Waals surface area (Å²) in [4.78, 5) is 0. The van der Waals surface area contributed by atoms with Crippen molar-refractivity contribution in [3.8, 4) is 0 Å². The summed E-state index contributed by atoms with van der Waals surface area (Å²) in [5.41, 5.74) is 0. The third kappa shape index (κ3) is 25.1. The Labute approximate surface area is 218 Å². The minimum atomic E-state index is 1.36. The number of quaternary nitrogens is 1. The maximum absolute atomic E-state index is 2.58. The summed E-state index contributed by atoms with van der Waals surface area (Å²) in [6.45, 7) is 11.3. The molecule has 0 aliphatic heterocycles. The molecule has 0 aromatic rings. The van der Waals surface area contributed by atoms with Crippen molar-refractivity contribution in [3.63, 3.8) is 0 Å². The Hall–Kier alpha value is -0.0400. The van der Waals surface area contributed by atoms with Crippen LogP contribution in [0, 0.1) is 0 Å². The maximum atomic E-state index is 2.58. The highest BCUT2D eigenvalue weighted by Gasteiger charge is 2.20. The maximum Gasteiger partial charge on any atom is 0.0784 e. The fourth-order valence-corrected chi connectivity index (χ4v) is 5.57. The third-order valence-electron chi connectivity index (χ3n) is 8.15. The molecule has 0 unspecified atom stereocenters. The van der Waals surface area contributed by atoms with E-state index in [0.717, 1.165) is 0 Å². The first-order chi connectivity index (χ1) is 16.7. The van der Waals surface area contributed by atoms with Crippen LogP contribution >= 0.6 is 0 Å². The van der Waals surface area contributed by atoms with Crippen LogP contribution in [-0.2, 0) is 0 Å². The van der Waals surface area contributed by atoms with Gasteiger partial charge in [0.1, 0.15) is 0 Å². The van der Waals surface area contributed by atoms with Crippen LogP contribution < -0.4 is 0 Å². The van der Waals surface area contributed by atoms with Gasteiger partial charge in [-0.3, -0.25) is 0 Å². The molecule has 0 atom stereocenters. The van der Waals surface area contributed by atoms with Gasteiger partial charge in [0.2, 0.25) is 0 Å². The van der Waals surface area contributed by atoms with Gasteiger partial charge in [0.15, 0.2) is 0 Å². The molecule has 0 aromatic carbocycles. The summed E-state index contributed by atoms with van der Waals surface area (Å²) in [7, 11) is 2.58. The minimum absolute atomic E-state index is 1.36. The van der Waals surface area contributed by atoms with E-state index >= 15 is 0 Å². The van der Waals surface area contributed by atoms with Crippen molar-refractivity contribution in [3.05, 3.63) is 0 Å². The van der Waals surface area contributed by atoms with Gasteiger partial charge in [0, 0.05) is 0 Å². The predicted molar refractivity (Wildman–Crippen MR) is 158 cm³/mol. The van der Waals surface area contributed by atoms with Crippen molar-refractivity contribution in [2.45, 2.75) is 188 Å². The first-order valence-electron chi connectivity index (χ1n) is 16.5. The predicted octanol–water partition coefficient (Wildman–Crippen LogP) is 11.6. The van der Waals surface area contributed by atoms with Crippen molar-refractivity contribution < 1.29 is 4.48 Å². The fraction of sp³-hybridized carbons (Fsp3) is 1.00. The monoisotopic (exact) mass is 481 g/mol. The van der Waals surface area contributed by atoms with Gasteiger partial charge in [0.25, 0.3) is 0 Å². The molecular weight excluding hydrogens is 410 g/mol. The second-order valence-corrected chi connectivity index (χ2v) is 11.9. The summed E-state index contributed by atoms with van der Waals surface area (Å²) >= 11 is 0. The molecule has 0 N–H and O–H groups in total. The molecule has 0 fully saturated rings. The molecule has 0 aliphatic rings. The molecular formula is C33H70N+. The fourth-order valence-electron chi connectivity index (χ4n) is 5.57. The van der Waals surface area contributed by atoms with Crippen molar-refractivity contribution >= 4 is 0 Å². The van der Waals surface area contributed by atoms with Gasteiger partial charge >= 0.3 is 0 Å². The van der Waals surface area contributed by atoms with Gasteiger partial charge in [-0.1, -0.05) is 149 Å². The molecule has 0 spiro atoms. The molecule has 1 nitrogen and oxygen atoms in total. The van der Waals surface area contributed by atoms with Gasteiger partial charge in [-0.15, -0.1) is 0 Å². The van der Waals surface area contributed by atoms with Crippen LogP contribution in [0.1, 0.15) is 188 Å². The molecule has 0 saturated carbocycles. The zero-order valence-electron chi connectivity index (χ0n) is 25.0. The van der Waals surface area contributed by atoms with Crippen LogP contribution in [0.4, 0.5) is 0 Å². The van der Waals surface area contributed by atoms with E-state index in [1.165, 1.54) is 191 Å². The van der Waals surface area contributed by atoms with Crippen LogP contribution in [0.5, 0.6) is 0 Å². The highest BCUT2D eigenvalue weighted by molar-refractivity contribution is 4.52. The Morgan fingerprint density at radius 3 is 0.647 bits per heavy atom. The van der Waals surface area contributed by atoms with Crippen molar-refractivity contribution in [2.75, 3.05) is 26.7 Å². The Balaban J connectivity index is 3.85. The lowest BCUT2D eigenvalue weighted by Gasteiger charge is -2.35. The molecule has 34 heavy (non-hydrogen) atoms. The van der Waals surface area contributed by atoms with Gasteiger partial charge in [0.05, 0.1) is 26.7 Å². The topological polar surface area (TPSA) is 0 Å². The van der Waals surface area contributed by atoms with E-state index in [-0.39, 0.29) is 0 Å². The summed E-state index contributed by atoms with van der Waals surface area (Å²) in [5.74, 6) is 0. The van der Waals surface area contributed by atoms with Crippen LogP contribution in [0.25, 0.3) is 0 Å². The summed E-state index contributed by atoms with van der Waals surface area (Å²) < 4.78 is 1.36. The molecule has 0 heterocycles. The Morgan fingerprint density at radius 1 is 0.265 bits per heavy atom. The molecule has 0 aromatic heterocycles. The van der Waals surface area contributed by atoms with E-state index < -0.39 is 0 Å². The number of hydrogen-bond donors (Lipinski definition) is 0. The van der Waals surface area contributed by atoms with Gasteiger partial charge in [-0.05, 0) is 38.5 Å². The Morgan fingerprint density at radius 2 is 0.441 bits per heavy atom.